The number of nitrogens with zero attached hydrogens (tertiary/aromatic N) is 1. The van der Waals surface area contributed by atoms with Crippen LogP contribution in [0.4, 0.5) is 0 Å². The minimum atomic E-state index is 0.451. The fourth-order valence-electron chi connectivity index (χ4n) is 2.90. The van der Waals surface area contributed by atoms with E-state index in [0.29, 0.717) is 36.3 Å². The lowest BCUT2D eigenvalue weighted by molar-refractivity contribution is 0.268. The summed E-state index contributed by atoms with van der Waals surface area (Å²) < 4.78 is 11.8. The molecule has 0 radical (unpaired) electrons. The zero-order chi connectivity index (χ0) is 19.8. The number of pyridine rings is 1. The van der Waals surface area contributed by atoms with Crippen LogP contribution in [0.2, 0.25) is 5.02 Å². The van der Waals surface area contributed by atoms with Crippen LogP contribution in [0, 0.1) is 6.92 Å². The molecule has 0 saturated carbocycles. The van der Waals surface area contributed by atoms with Gasteiger partial charge in [-0.2, -0.15) is 0 Å². The quantitative estimate of drug-likeness (QED) is 0.532. The molecule has 28 heavy (non-hydrogen) atoms. The highest BCUT2D eigenvalue weighted by molar-refractivity contribution is 6.32. The van der Waals surface area contributed by atoms with Crippen LogP contribution in [0.1, 0.15) is 29.2 Å². The van der Waals surface area contributed by atoms with Gasteiger partial charge < -0.3 is 14.8 Å². The van der Waals surface area contributed by atoms with Crippen LogP contribution in [0.3, 0.4) is 0 Å². The predicted molar refractivity (Wildman–Crippen MR) is 113 cm³/mol. The molecule has 3 rings (SSSR count). The molecular formula is C23H25ClN2O2. The van der Waals surface area contributed by atoms with Gasteiger partial charge in [0.15, 0.2) is 11.5 Å². The van der Waals surface area contributed by atoms with Gasteiger partial charge in [-0.05, 0) is 60.4 Å². The number of rotatable bonds is 9. The molecule has 0 aliphatic carbocycles. The highest BCUT2D eigenvalue weighted by Gasteiger charge is 2.13. The van der Waals surface area contributed by atoms with Crippen molar-refractivity contribution in [2.45, 2.75) is 33.5 Å². The van der Waals surface area contributed by atoms with E-state index in [9.17, 15) is 0 Å². The number of hydrogen-bond donors (Lipinski definition) is 1. The van der Waals surface area contributed by atoms with Gasteiger partial charge >= 0.3 is 0 Å². The first-order valence-electron chi connectivity index (χ1n) is 9.39. The predicted octanol–water partition coefficient (Wildman–Crippen LogP) is 5.31. The SMILES string of the molecule is CCOc1cc(CNCc2ccncc2)cc(Cl)c1OCc1ccccc1C. The van der Waals surface area contributed by atoms with E-state index in [1.54, 1.807) is 12.4 Å². The third-order valence-corrected chi connectivity index (χ3v) is 4.69. The molecule has 5 heteroatoms. The Morgan fingerprint density at radius 2 is 1.71 bits per heavy atom. The third kappa shape index (κ3) is 5.47. The number of ether oxygens (including phenoxy) is 2. The Balaban J connectivity index is 1.69. The molecule has 0 unspecified atom stereocenters. The first-order valence-corrected chi connectivity index (χ1v) is 9.77. The van der Waals surface area contributed by atoms with Crippen LogP contribution in [-0.2, 0) is 19.7 Å². The van der Waals surface area contributed by atoms with E-state index in [-0.39, 0.29) is 0 Å². The fourth-order valence-corrected chi connectivity index (χ4v) is 3.19. The average molecular weight is 397 g/mol. The molecule has 0 aliphatic rings. The highest BCUT2D eigenvalue weighted by atomic mass is 35.5. The maximum atomic E-state index is 6.53. The standard InChI is InChI=1S/C23H25ClN2O2/c1-3-27-22-13-19(15-26-14-18-8-10-25-11-9-18)12-21(24)23(22)28-16-20-7-5-4-6-17(20)2/h4-13,26H,3,14-16H2,1-2H3. The van der Waals surface area contributed by atoms with Gasteiger partial charge in [0.2, 0.25) is 0 Å². The molecule has 0 atom stereocenters. The van der Waals surface area contributed by atoms with Gasteiger partial charge in [0.25, 0.3) is 0 Å². The molecule has 0 fully saturated rings. The second-order valence-corrected chi connectivity index (χ2v) is 6.92. The Labute approximate surface area is 171 Å². The van der Waals surface area contributed by atoms with Crippen molar-refractivity contribution in [1.82, 2.24) is 10.3 Å². The molecule has 0 saturated heterocycles. The molecule has 1 heterocycles. The normalized spacial score (nSPS) is 10.7. The molecule has 4 nitrogen and oxygen atoms in total. The summed E-state index contributed by atoms with van der Waals surface area (Å²) in [7, 11) is 0. The van der Waals surface area contributed by atoms with Crippen LogP contribution in [-0.4, -0.2) is 11.6 Å². The minimum Gasteiger partial charge on any atom is -0.490 e. The summed E-state index contributed by atoms with van der Waals surface area (Å²) in [5.41, 5.74) is 4.55. The van der Waals surface area contributed by atoms with Gasteiger partial charge in [-0.15, -0.1) is 0 Å². The molecule has 146 valence electrons. The Bertz CT molecular complexity index is 900. The number of aromatic nitrogens is 1. The number of aryl methyl sites for hydroxylation is 1. The molecular weight excluding hydrogens is 372 g/mol. The van der Waals surface area contributed by atoms with Crippen molar-refractivity contribution in [1.29, 1.82) is 0 Å². The Morgan fingerprint density at radius 3 is 2.46 bits per heavy atom. The maximum Gasteiger partial charge on any atom is 0.180 e. The van der Waals surface area contributed by atoms with Gasteiger partial charge in [0.1, 0.15) is 6.61 Å². The zero-order valence-electron chi connectivity index (χ0n) is 16.2. The summed E-state index contributed by atoms with van der Waals surface area (Å²) in [4.78, 5) is 4.03. The van der Waals surface area contributed by atoms with E-state index in [4.69, 9.17) is 21.1 Å². The average Bonchev–Trinajstić information content (AvgIpc) is 2.70. The van der Waals surface area contributed by atoms with Crippen molar-refractivity contribution >= 4 is 11.6 Å². The van der Waals surface area contributed by atoms with Crippen molar-refractivity contribution in [3.05, 3.63) is 88.2 Å². The molecule has 1 N–H and O–H groups in total. The number of hydrogen-bond acceptors (Lipinski definition) is 4. The minimum absolute atomic E-state index is 0.451. The van der Waals surface area contributed by atoms with Crippen LogP contribution in [0.5, 0.6) is 11.5 Å². The lowest BCUT2D eigenvalue weighted by Gasteiger charge is -2.16. The number of nitrogens with one attached hydrogen (secondary N) is 1. The van der Waals surface area contributed by atoms with Gasteiger partial charge in [-0.1, -0.05) is 35.9 Å². The largest absolute Gasteiger partial charge is 0.490 e. The molecule has 0 aliphatic heterocycles. The first kappa shape index (κ1) is 20.2. The smallest absolute Gasteiger partial charge is 0.180 e. The Hall–Kier alpha value is -2.56. The summed E-state index contributed by atoms with van der Waals surface area (Å²) >= 11 is 6.53. The van der Waals surface area contributed by atoms with Crippen molar-refractivity contribution in [2.75, 3.05) is 6.61 Å². The van der Waals surface area contributed by atoms with Crippen molar-refractivity contribution in [3.63, 3.8) is 0 Å². The topological polar surface area (TPSA) is 43.4 Å². The second-order valence-electron chi connectivity index (χ2n) is 6.51. The van der Waals surface area contributed by atoms with E-state index >= 15 is 0 Å². The monoisotopic (exact) mass is 396 g/mol. The van der Waals surface area contributed by atoms with Crippen molar-refractivity contribution < 1.29 is 9.47 Å². The summed E-state index contributed by atoms with van der Waals surface area (Å²) in [5.74, 6) is 1.26. The lowest BCUT2D eigenvalue weighted by atomic mass is 10.1. The summed E-state index contributed by atoms with van der Waals surface area (Å²) in [6.45, 7) is 6.46. The highest BCUT2D eigenvalue weighted by Crippen LogP contribution is 2.37. The van der Waals surface area contributed by atoms with Crippen molar-refractivity contribution in [2.24, 2.45) is 0 Å². The van der Waals surface area contributed by atoms with Crippen LogP contribution in [0.15, 0.2) is 60.9 Å². The molecule has 0 spiro atoms. The Kier molecular flexibility index (Phi) is 7.29. The molecule has 1 aromatic heterocycles. The molecule has 2 aromatic carbocycles. The van der Waals surface area contributed by atoms with Gasteiger partial charge in [-0.25, -0.2) is 0 Å². The summed E-state index contributed by atoms with van der Waals surface area (Å²) in [5, 5.41) is 3.97. The summed E-state index contributed by atoms with van der Waals surface area (Å²) in [6, 6.07) is 16.1. The van der Waals surface area contributed by atoms with Gasteiger partial charge in [0.05, 0.1) is 11.6 Å². The van der Waals surface area contributed by atoms with Crippen LogP contribution < -0.4 is 14.8 Å². The second kappa shape index (κ2) is 10.1. The molecule has 0 bridgehead atoms. The lowest BCUT2D eigenvalue weighted by Crippen LogP contribution is -2.13. The zero-order valence-corrected chi connectivity index (χ0v) is 17.0. The number of halogens is 1. The third-order valence-electron chi connectivity index (χ3n) is 4.41. The van der Waals surface area contributed by atoms with E-state index in [1.807, 2.05) is 43.3 Å². The van der Waals surface area contributed by atoms with E-state index in [1.165, 1.54) is 11.1 Å². The molecule has 0 amide bonds. The van der Waals surface area contributed by atoms with Crippen LogP contribution in [0.25, 0.3) is 0 Å². The molecule has 3 aromatic rings. The van der Waals surface area contributed by atoms with Crippen molar-refractivity contribution in [3.8, 4) is 11.5 Å². The van der Waals surface area contributed by atoms with Gasteiger partial charge in [-0.3, -0.25) is 4.98 Å². The van der Waals surface area contributed by atoms with E-state index < -0.39 is 0 Å². The Morgan fingerprint density at radius 1 is 0.964 bits per heavy atom. The maximum absolute atomic E-state index is 6.53. The fraction of sp³-hybridized carbons (Fsp3) is 0.261. The van der Waals surface area contributed by atoms with E-state index in [2.05, 4.69) is 29.4 Å². The number of benzene rings is 2. The summed E-state index contributed by atoms with van der Waals surface area (Å²) in [6.07, 6.45) is 3.59. The first-order chi connectivity index (χ1) is 13.7. The van der Waals surface area contributed by atoms with Crippen LogP contribution >= 0.6 is 11.6 Å². The van der Waals surface area contributed by atoms with E-state index in [0.717, 1.165) is 17.7 Å². The van der Waals surface area contributed by atoms with Gasteiger partial charge in [0, 0.05) is 25.5 Å².